The Hall–Kier alpha value is -1.34. The number of anilines is 1. The molecular weight excluding hydrogens is 304 g/mol. The molecule has 0 aliphatic rings. The molecule has 0 aliphatic heterocycles. The van der Waals surface area contributed by atoms with Crippen LogP contribution in [0.25, 0.3) is 10.2 Å². The van der Waals surface area contributed by atoms with Crippen molar-refractivity contribution >= 4 is 45.0 Å². The fourth-order valence-corrected chi connectivity index (χ4v) is 3.63. The van der Waals surface area contributed by atoms with E-state index in [0.29, 0.717) is 16.7 Å². The number of nitrogen functional groups attached to an aromatic ring is 1. The first kappa shape index (κ1) is 16.0. The summed E-state index contributed by atoms with van der Waals surface area (Å²) >= 11 is 2.93. The van der Waals surface area contributed by atoms with Crippen LogP contribution in [-0.2, 0) is 4.79 Å². The smallest absolute Gasteiger partial charge is 0.230 e. The fraction of sp³-hybridized carbons (Fsp3) is 0.500. The van der Waals surface area contributed by atoms with Crippen LogP contribution < -0.4 is 11.1 Å². The second-order valence-electron chi connectivity index (χ2n) is 5.02. The minimum atomic E-state index is -0.00448. The van der Waals surface area contributed by atoms with Gasteiger partial charge in [-0.25, -0.2) is 9.97 Å². The molecule has 2 heterocycles. The Kier molecular flexibility index (Phi) is 5.05. The number of amides is 1. The lowest BCUT2D eigenvalue weighted by Gasteiger charge is -2.10. The van der Waals surface area contributed by atoms with Crippen molar-refractivity contribution in [2.24, 2.45) is 0 Å². The van der Waals surface area contributed by atoms with Crippen LogP contribution >= 0.6 is 23.1 Å². The second kappa shape index (κ2) is 6.62. The van der Waals surface area contributed by atoms with Crippen LogP contribution in [0, 0.1) is 13.8 Å². The van der Waals surface area contributed by atoms with Crippen molar-refractivity contribution in [1.29, 1.82) is 0 Å². The zero-order chi connectivity index (χ0) is 15.6. The Morgan fingerprint density at radius 2 is 2.14 bits per heavy atom. The highest BCUT2D eigenvalue weighted by molar-refractivity contribution is 7.99. The van der Waals surface area contributed by atoms with Crippen LogP contribution in [0.4, 0.5) is 5.82 Å². The summed E-state index contributed by atoms with van der Waals surface area (Å²) in [5.74, 6) is 0.792. The highest BCUT2D eigenvalue weighted by Gasteiger charge is 2.14. The van der Waals surface area contributed by atoms with Crippen LogP contribution in [0.2, 0.25) is 0 Å². The number of hydrogen-bond donors (Lipinski definition) is 2. The van der Waals surface area contributed by atoms with Crippen molar-refractivity contribution in [3.8, 4) is 0 Å². The lowest BCUT2D eigenvalue weighted by atomic mass is 10.2. The van der Waals surface area contributed by atoms with Gasteiger partial charge < -0.3 is 11.1 Å². The number of rotatable bonds is 5. The molecule has 0 spiro atoms. The number of thiophene rings is 1. The van der Waals surface area contributed by atoms with E-state index in [0.717, 1.165) is 22.2 Å². The summed E-state index contributed by atoms with van der Waals surface area (Å²) < 4.78 is 0. The molecule has 3 N–H and O–H groups in total. The van der Waals surface area contributed by atoms with Crippen molar-refractivity contribution in [1.82, 2.24) is 15.3 Å². The molecular formula is C14H20N4OS2. The van der Waals surface area contributed by atoms with E-state index in [9.17, 15) is 4.79 Å². The largest absolute Gasteiger partial charge is 0.383 e. The predicted octanol–water partition coefficient (Wildman–Crippen LogP) is 2.90. The van der Waals surface area contributed by atoms with Crippen LogP contribution in [0.5, 0.6) is 0 Å². The first-order valence-electron chi connectivity index (χ1n) is 6.87. The normalized spacial score (nSPS) is 12.6. The number of nitrogens with two attached hydrogens (primary N) is 1. The summed E-state index contributed by atoms with van der Waals surface area (Å²) in [4.78, 5) is 22.7. The fourth-order valence-electron chi connectivity index (χ4n) is 1.87. The first-order valence-corrected chi connectivity index (χ1v) is 8.68. The third-order valence-electron chi connectivity index (χ3n) is 3.39. The number of aromatic nitrogens is 2. The van der Waals surface area contributed by atoms with Crippen molar-refractivity contribution in [2.75, 3.05) is 11.5 Å². The molecule has 0 fully saturated rings. The minimum Gasteiger partial charge on any atom is -0.383 e. The molecule has 0 aliphatic carbocycles. The molecule has 114 valence electrons. The van der Waals surface area contributed by atoms with Crippen molar-refractivity contribution in [2.45, 2.75) is 45.3 Å². The molecule has 7 heteroatoms. The summed E-state index contributed by atoms with van der Waals surface area (Å²) in [6.07, 6.45) is 0.916. The van der Waals surface area contributed by atoms with E-state index in [1.54, 1.807) is 11.3 Å². The van der Waals surface area contributed by atoms with Gasteiger partial charge in [0.15, 0.2) is 5.16 Å². The molecule has 1 atom stereocenters. The van der Waals surface area contributed by atoms with Gasteiger partial charge in [-0.1, -0.05) is 18.7 Å². The second-order valence-corrected chi connectivity index (χ2v) is 7.17. The number of nitrogens with zero attached hydrogens (tertiary/aromatic N) is 2. The average Bonchev–Trinajstić information content (AvgIpc) is 2.72. The van der Waals surface area contributed by atoms with Crippen LogP contribution in [0.15, 0.2) is 5.16 Å². The third kappa shape index (κ3) is 3.65. The lowest BCUT2D eigenvalue weighted by molar-refractivity contribution is -0.119. The van der Waals surface area contributed by atoms with Gasteiger partial charge in [-0.15, -0.1) is 11.3 Å². The number of carbonyl (C=O) groups excluding carboxylic acids is 1. The summed E-state index contributed by atoms with van der Waals surface area (Å²) in [7, 11) is 0. The average molecular weight is 324 g/mol. The number of thioether (sulfide) groups is 1. The molecule has 0 aromatic carbocycles. The molecule has 0 radical (unpaired) electrons. The van der Waals surface area contributed by atoms with E-state index in [1.165, 1.54) is 16.6 Å². The Bertz CT molecular complexity index is 669. The number of nitrogens with one attached hydrogen (secondary N) is 1. The Balaban J connectivity index is 2.11. The Labute approximate surface area is 132 Å². The topological polar surface area (TPSA) is 80.9 Å². The quantitative estimate of drug-likeness (QED) is 0.653. The lowest BCUT2D eigenvalue weighted by Crippen LogP contribution is -2.33. The van der Waals surface area contributed by atoms with E-state index in [1.807, 2.05) is 27.7 Å². The van der Waals surface area contributed by atoms with Crippen molar-refractivity contribution in [3.63, 3.8) is 0 Å². The summed E-state index contributed by atoms with van der Waals surface area (Å²) in [5.41, 5.74) is 7.16. The first-order chi connectivity index (χ1) is 9.92. The van der Waals surface area contributed by atoms with E-state index >= 15 is 0 Å². The highest BCUT2D eigenvalue weighted by Crippen LogP contribution is 2.33. The molecule has 0 saturated heterocycles. The molecule has 2 rings (SSSR count). The van der Waals surface area contributed by atoms with Gasteiger partial charge >= 0.3 is 0 Å². The summed E-state index contributed by atoms with van der Waals surface area (Å²) in [6, 6.07) is 0.189. The maximum Gasteiger partial charge on any atom is 0.230 e. The van der Waals surface area contributed by atoms with E-state index in [-0.39, 0.29) is 11.9 Å². The van der Waals surface area contributed by atoms with Gasteiger partial charge in [-0.3, -0.25) is 4.79 Å². The highest BCUT2D eigenvalue weighted by atomic mass is 32.2. The maximum absolute atomic E-state index is 11.8. The van der Waals surface area contributed by atoms with Gasteiger partial charge in [0.25, 0.3) is 0 Å². The maximum atomic E-state index is 11.8. The molecule has 0 bridgehead atoms. The monoisotopic (exact) mass is 324 g/mol. The Morgan fingerprint density at radius 3 is 2.81 bits per heavy atom. The van der Waals surface area contributed by atoms with Gasteiger partial charge in [-0.2, -0.15) is 0 Å². The van der Waals surface area contributed by atoms with Gasteiger partial charge in [0, 0.05) is 10.9 Å². The molecule has 1 amide bonds. The van der Waals surface area contributed by atoms with Crippen LogP contribution in [0.3, 0.4) is 0 Å². The molecule has 5 nitrogen and oxygen atoms in total. The van der Waals surface area contributed by atoms with Crippen LogP contribution in [-0.4, -0.2) is 27.7 Å². The van der Waals surface area contributed by atoms with E-state index in [4.69, 9.17) is 5.73 Å². The van der Waals surface area contributed by atoms with Crippen molar-refractivity contribution < 1.29 is 4.79 Å². The zero-order valence-corrected chi connectivity index (χ0v) is 14.3. The molecule has 1 unspecified atom stereocenters. The standard InChI is InChI=1S/C14H20N4OS2/c1-5-7(2)16-10(19)6-20-14-17-12(15)11-8(3)9(4)21-13(11)18-14/h7H,5-6H2,1-4H3,(H,16,19)(H2,15,17,18). The number of hydrogen-bond acceptors (Lipinski definition) is 6. The number of aryl methyl sites for hydroxylation is 2. The Morgan fingerprint density at radius 1 is 1.43 bits per heavy atom. The molecule has 0 saturated carbocycles. The number of carbonyl (C=O) groups is 1. The zero-order valence-electron chi connectivity index (χ0n) is 12.7. The van der Waals surface area contributed by atoms with Gasteiger partial charge in [0.1, 0.15) is 10.6 Å². The number of fused-ring (bicyclic) bond motifs is 1. The van der Waals surface area contributed by atoms with Gasteiger partial charge in [-0.05, 0) is 32.8 Å². The summed E-state index contributed by atoms with van der Waals surface area (Å²) in [6.45, 7) is 8.10. The predicted molar refractivity (Wildman–Crippen MR) is 89.9 cm³/mol. The van der Waals surface area contributed by atoms with Gasteiger partial charge in [0.05, 0.1) is 11.1 Å². The van der Waals surface area contributed by atoms with E-state index < -0.39 is 0 Å². The third-order valence-corrected chi connectivity index (χ3v) is 5.34. The molecule has 2 aromatic rings. The molecule has 2 aromatic heterocycles. The van der Waals surface area contributed by atoms with Gasteiger partial charge in [0.2, 0.25) is 5.91 Å². The summed E-state index contributed by atoms with van der Waals surface area (Å²) in [5, 5.41) is 4.41. The minimum absolute atomic E-state index is 0.00448. The molecule has 21 heavy (non-hydrogen) atoms. The van der Waals surface area contributed by atoms with Crippen LogP contribution in [0.1, 0.15) is 30.7 Å². The van der Waals surface area contributed by atoms with Crippen molar-refractivity contribution in [3.05, 3.63) is 10.4 Å². The SMILES string of the molecule is CCC(C)NC(=O)CSc1nc(N)c2c(C)c(C)sc2n1. The van der Waals surface area contributed by atoms with E-state index in [2.05, 4.69) is 15.3 Å².